The Morgan fingerprint density at radius 1 is 1.50 bits per heavy atom. The van der Waals surface area contributed by atoms with E-state index in [9.17, 15) is 4.79 Å². The molecule has 2 N–H and O–H groups in total. The lowest BCUT2D eigenvalue weighted by atomic mass is 10.3. The Balaban J connectivity index is 1.71. The molecule has 130 valence electrons. The van der Waals surface area contributed by atoms with Crippen molar-refractivity contribution in [2.45, 2.75) is 52.7 Å². The fourth-order valence-corrected chi connectivity index (χ4v) is 3.63. The minimum Gasteiger partial charge on any atom is -0.394 e. The van der Waals surface area contributed by atoms with E-state index in [1.165, 1.54) is 11.3 Å². The molecule has 1 saturated carbocycles. The van der Waals surface area contributed by atoms with Crippen LogP contribution in [0, 0.1) is 13.8 Å². The molecule has 1 amide bonds. The van der Waals surface area contributed by atoms with Crippen molar-refractivity contribution < 1.29 is 9.90 Å². The third-order valence-corrected chi connectivity index (χ3v) is 5.06. The third-order valence-electron chi connectivity index (χ3n) is 4.17. The van der Waals surface area contributed by atoms with Crippen LogP contribution in [0.2, 0.25) is 0 Å². The summed E-state index contributed by atoms with van der Waals surface area (Å²) in [6, 6.07) is 0.324. The van der Waals surface area contributed by atoms with Gasteiger partial charge in [0.1, 0.15) is 5.82 Å². The minimum atomic E-state index is 0.0467. The molecular weight excluding hydrogens is 326 g/mol. The summed E-state index contributed by atoms with van der Waals surface area (Å²) in [5.74, 6) is 0.959. The summed E-state index contributed by atoms with van der Waals surface area (Å²) in [7, 11) is 0. The van der Waals surface area contributed by atoms with E-state index >= 15 is 0 Å². The van der Waals surface area contributed by atoms with Gasteiger partial charge >= 0.3 is 0 Å². The summed E-state index contributed by atoms with van der Waals surface area (Å²) in [4.78, 5) is 18.2. The van der Waals surface area contributed by atoms with Gasteiger partial charge < -0.3 is 10.4 Å². The van der Waals surface area contributed by atoms with Crippen LogP contribution in [0.25, 0.3) is 0 Å². The standard InChI is InChI=1S/C16H23N5O2S/c1-10-11(2)19-20(6-7-22)15(10)17-8-13-9-24-16(18-13)21(12(3)23)14-4-5-14/h9,14,17,22H,4-8H2,1-3H3. The highest BCUT2D eigenvalue weighted by atomic mass is 32.1. The number of aliphatic hydroxyl groups is 1. The van der Waals surface area contributed by atoms with Gasteiger partial charge in [0.2, 0.25) is 5.91 Å². The zero-order chi connectivity index (χ0) is 17.3. The van der Waals surface area contributed by atoms with Crippen molar-refractivity contribution >= 4 is 28.2 Å². The second-order valence-corrected chi connectivity index (χ2v) is 6.94. The van der Waals surface area contributed by atoms with Crippen LogP contribution in [0.1, 0.15) is 36.7 Å². The second-order valence-electron chi connectivity index (χ2n) is 6.10. The van der Waals surface area contributed by atoms with Gasteiger partial charge in [-0.15, -0.1) is 11.3 Å². The van der Waals surface area contributed by atoms with Crippen LogP contribution in [-0.2, 0) is 17.9 Å². The average Bonchev–Trinajstić information content (AvgIpc) is 3.18. The molecule has 0 saturated heterocycles. The summed E-state index contributed by atoms with van der Waals surface area (Å²) in [6.07, 6.45) is 2.12. The number of thiazole rings is 1. The largest absolute Gasteiger partial charge is 0.394 e. The lowest BCUT2D eigenvalue weighted by Crippen LogP contribution is -2.30. The Morgan fingerprint density at radius 3 is 2.88 bits per heavy atom. The van der Waals surface area contributed by atoms with Crippen molar-refractivity contribution in [3.05, 3.63) is 22.3 Å². The maximum absolute atomic E-state index is 11.8. The number of hydrogen-bond donors (Lipinski definition) is 2. The van der Waals surface area contributed by atoms with Crippen molar-refractivity contribution in [2.24, 2.45) is 0 Å². The Kier molecular flexibility index (Phi) is 4.86. The smallest absolute Gasteiger partial charge is 0.225 e. The van der Waals surface area contributed by atoms with Crippen LogP contribution < -0.4 is 10.2 Å². The molecule has 1 fully saturated rings. The predicted octanol–water partition coefficient (Wildman–Crippen LogP) is 2.08. The maximum Gasteiger partial charge on any atom is 0.225 e. The molecule has 0 spiro atoms. The summed E-state index contributed by atoms with van der Waals surface area (Å²) in [6.45, 7) is 6.62. The predicted molar refractivity (Wildman–Crippen MR) is 94.4 cm³/mol. The van der Waals surface area contributed by atoms with Gasteiger partial charge in [-0.2, -0.15) is 5.10 Å². The number of anilines is 2. The topological polar surface area (TPSA) is 83.3 Å². The molecule has 2 aromatic rings. The van der Waals surface area contributed by atoms with E-state index in [0.717, 1.165) is 40.7 Å². The van der Waals surface area contributed by atoms with Crippen LogP contribution in [0.3, 0.4) is 0 Å². The van der Waals surface area contributed by atoms with Crippen LogP contribution in [0.5, 0.6) is 0 Å². The molecule has 2 heterocycles. The quantitative estimate of drug-likeness (QED) is 0.799. The first-order valence-electron chi connectivity index (χ1n) is 8.14. The van der Waals surface area contributed by atoms with Gasteiger partial charge in [-0.25, -0.2) is 9.67 Å². The molecule has 2 aromatic heterocycles. The second kappa shape index (κ2) is 6.90. The molecule has 3 rings (SSSR count). The highest BCUT2D eigenvalue weighted by molar-refractivity contribution is 7.14. The Hall–Kier alpha value is -1.93. The van der Waals surface area contributed by atoms with Gasteiger partial charge in [-0.05, 0) is 26.7 Å². The Labute approximate surface area is 145 Å². The summed E-state index contributed by atoms with van der Waals surface area (Å²) >= 11 is 1.50. The number of aliphatic hydroxyl groups excluding tert-OH is 1. The number of nitrogens with zero attached hydrogens (tertiary/aromatic N) is 4. The fourth-order valence-electron chi connectivity index (χ4n) is 2.69. The molecule has 24 heavy (non-hydrogen) atoms. The van der Waals surface area contributed by atoms with Gasteiger partial charge in [0.15, 0.2) is 5.13 Å². The van der Waals surface area contributed by atoms with E-state index in [-0.39, 0.29) is 12.5 Å². The summed E-state index contributed by atoms with van der Waals surface area (Å²) in [5, 5.41) is 19.7. The van der Waals surface area contributed by atoms with E-state index in [1.54, 1.807) is 16.5 Å². The SMILES string of the molecule is CC(=O)N(c1nc(CNc2c(C)c(C)nn2CCO)cs1)C1CC1. The summed E-state index contributed by atoms with van der Waals surface area (Å²) in [5.41, 5.74) is 2.92. The number of hydrogen-bond acceptors (Lipinski definition) is 6. The first kappa shape index (κ1) is 16.9. The molecule has 7 nitrogen and oxygen atoms in total. The van der Waals surface area contributed by atoms with E-state index in [1.807, 2.05) is 19.2 Å². The zero-order valence-corrected chi connectivity index (χ0v) is 15.1. The molecule has 0 bridgehead atoms. The number of carbonyl (C=O) groups is 1. The van der Waals surface area contributed by atoms with Gasteiger partial charge in [-0.1, -0.05) is 0 Å². The fraction of sp³-hybridized carbons (Fsp3) is 0.562. The van der Waals surface area contributed by atoms with Gasteiger partial charge in [-0.3, -0.25) is 9.69 Å². The van der Waals surface area contributed by atoms with E-state index < -0.39 is 0 Å². The molecular formula is C16H23N5O2S. The van der Waals surface area contributed by atoms with Gasteiger partial charge in [0, 0.05) is 23.9 Å². The molecule has 0 unspecified atom stereocenters. The van der Waals surface area contributed by atoms with Crippen molar-refractivity contribution in [1.82, 2.24) is 14.8 Å². The molecule has 0 aliphatic heterocycles. The monoisotopic (exact) mass is 349 g/mol. The molecule has 1 aliphatic carbocycles. The number of carbonyl (C=O) groups excluding carboxylic acids is 1. The Morgan fingerprint density at radius 2 is 2.25 bits per heavy atom. The zero-order valence-electron chi connectivity index (χ0n) is 14.2. The summed E-state index contributed by atoms with van der Waals surface area (Å²) < 4.78 is 1.78. The van der Waals surface area contributed by atoms with Crippen LogP contribution in [-0.4, -0.2) is 38.4 Å². The van der Waals surface area contributed by atoms with E-state index in [4.69, 9.17) is 5.11 Å². The number of rotatable bonds is 7. The number of aryl methyl sites for hydroxylation is 1. The highest BCUT2D eigenvalue weighted by Crippen LogP contribution is 2.33. The number of nitrogens with one attached hydrogen (secondary N) is 1. The normalized spacial score (nSPS) is 14.0. The number of aromatic nitrogens is 3. The van der Waals surface area contributed by atoms with Crippen molar-refractivity contribution in [3.63, 3.8) is 0 Å². The molecule has 0 atom stereocenters. The van der Waals surface area contributed by atoms with Gasteiger partial charge in [0.05, 0.1) is 31.1 Å². The molecule has 8 heteroatoms. The van der Waals surface area contributed by atoms with Gasteiger partial charge in [0.25, 0.3) is 0 Å². The maximum atomic E-state index is 11.8. The van der Waals surface area contributed by atoms with E-state index in [2.05, 4.69) is 15.4 Å². The lowest BCUT2D eigenvalue weighted by molar-refractivity contribution is -0.116. The molecule has 0 radical (unpaired) electrons. The highest BCUT2D eigenvalue weighted by Gasteiger charge is 2.33. The minimum absolute atomic E-state index is 0.0467. The average molecular weight is 349 g/mol. The number of amides is 1. The van der Waals surface area contributed by atoms with Crippen molar-refractivity contribution in [3.8, 4) is 0 Å². The van der Waals surface area contributed by atoms with Crippen LogP contribution in [0.15, 0.2) is 5.38 Å². The van der Waals surface area contributed by atoms with Crippen molar-refractivity contribution in [1.29, 1.82) is 0 Å². The Bertz CT molecular complexity index is 735. The van der Waals surface area contributed by atoms with Crippen molar-refractivity contribution in [2.75, 3.05) is 16.8 Å². The van der Waals surface area contributed by atoms with Crippen LogP contribution in [0.4, 0.5) is 10.9 Å². The molecule has 1 aliphatic rings. The molecule has 0 aromatic carbocycles. The lowest BCUT2D eigenvalue weighted by Gasteiger charge is -2.16. The third kappa shape index (κ3) is 3.44. The first-order valence-corrected chi connectivity index (χ1v) is 9.02. The van der Waals surface area contributed by atoms with Crippen LogP contribution >= 0.6 is 11.3 Å². The first-order chi connectivity index (χ1) is 11.5. The van der Waals surface area contributed by atoms with E-state index in [0.29, 0.717) is 19.1 Å².